The second-order valence-electron chi connectivity index (χ2n) is 2.79. The van der Waals surface area contributed by atoms with Crippen LogP contribution in [0.2, 0.25) is 0 Å². The number of imidazole rings is 1. The van der Waals surface area contributed by atoms with Gasteiger partial charge in [-0.05, 0) is 12.1 Å². The first-order chi connectivity index (χ1) is 5.95. The zero-order valence-corrected chi connectivity index (χ0v) is 6.36. The average Bonchev–Trinajstić information content (AvgIpc) is 2.62. The van der Waals surface area contributed by atoms with Gasteiger partial charge in [-0.15, -0.1) is 0 Å². The summed E-state index contributed by atoms with van der Waals surface area (Å²) >= 11 is 0. The predicted molar refractivity (Wildman–Crippen MR) is 47.0 cm³/mol. The summed E-state index contributed by atoms with van der Waals surface area (Å²) < 4.78 is 2.04. The lowest BCUT2D eigenvalue weighted by Gasteiger charge is -1.84. The molecule has 3 rings (SSSR count). The van der Waals surface area contributed by atoms with E-state index in [1.54, 1.807) is 0 Å². The molecule has 0 aliphatic rings. The first kappa shape index (κ1) is 5.83. The minimum atomic E-state index is 1.03. The first-order valence-corrected chi connectivity index (χ1v) is 3.84. The molecule has 0 unspecified atom stereocenters. The number of aromatic amines is 1. The fourth-order valence-electron chi connectivity index (χ4n) is 1.51. The third-order valence-corrected chi connectivity index (χ3v) is 2.05. The number of aromatic nitrogens is 3. The number of hydrogen-bond donors (Lipinski definition) is 1. The second-order valence-corrected chi connectivity index (χ2v) is 2.79. The Labute approximate surface area is 68.7 Å². The van der Waals surface area contributed by atoms with E-state index < -0.39 is 0 Å². The van der Waals surface area contributed by atoms with E-state index in [4.69, 9.17) is 0 Å². The largest absolute Gasteiger partial charge is 0.344 e. The molecule has 58 valence electrons. The number of H-pyrrole nitrogens is 1. The minimum Gasteiger partial charge on any atom is -0.344 e. The summed E-state index contributed by atoms with van der Waals surface area (Å²) in [5.41, 5.74) is 2.09. The zero-order chi connectivity index (χ0) is 7.97. The maximum atomic E-state index is 4.29. The Kier molecular flexibility index (Phi) is 0.913. The minimum absolute atomic E-state index is 1.03. The standard InChI is InChI=1S/C9H7N3/c1-2-7-6-12-5-4-11-9(12)8(7)10-3-1/h1-6,11H. The van der Waals surface area contributed by atoms with Crippen LogP contribution in [-0.2, 0) is 0 Å². The molecule has 0 atom stereocenters. The number of nitrogens with zero attached hydrogens (tertiary/aromatic N) is 2. The van der Waals surface area contributed by atoms with Gasteiger partial charge in [0.25, 0.3) is 0 Å². The second kappa shape index (κ2) is 1.88. The molecule has 3 heterocycles. The van der Waals surface area contributed by atoms with Gasteiger partial charge >= 0.3 is 0 Å². The smallest absolute Gasteiger partial charge is 0.141 e. The molecule has 0 aromatic carbocycles. The molecular weight excluding hydrogens is 150 g/mol. The highest BCUT2D eigenvalue weighted by Gasteiger charge is 2.02. The van der Waals surface area contributed by atoms with Crippen LogP contribution in [0.4, 0.5) is 0 Å². The van der Waals surface area contributed by atoms with Gasteiger partial charge in [0.05, 0.1) is 0 Å². The molecule has 1 N–H and O–H groups in total. The maximum absolute atomic E-state index is 4.29. The molecule has 3 aromatic heterocycles. The highest BCUT2D eigenvalue weighted by molar-refractivity contribution is 5.91. The molecule has 0 saturated heterocycles. The summed E-state index contributed by atoms with van der Waals surface area (Å²) in [6.07, 6.45) is 7.76. The quantitative estimate of drug-likeness (QED) is 0.530. The van der Waals surface area contributed by atoms with Crippen LogP contribution in [0.25, 0.3) is 16.6 Å². The van der Waals surface area contributed by atoms with Gasteiger partial charge in [0, 0.05) is 30.2 Å². The molecule has 0 amide bonds. The monoisotopic (exact) mass is 157 g/mol. The Bertz CT molecular complexity index is 532. The summed E-state index contributed by atoms with van der Waals surface area (Å²) in [5, 5.41) is 1.17. The summed E-state index contributed by atoms with van der Waals surface area (Å²) in [6.45, 7) is 0. The molecule has 12 heavy (non-hydrogen) atoms. The van der Waals surface area contributed by atoms with Crippen molar-refractivity contribution in [2.45, 2.75) is 0 Å². The van der Waals surface area contributed by atoms with E-state index in [1.165, 1.54) is 5.39 Å². The Morgan fingerprint density at radius 3 is 3.42 bits per heavy atom. The lowest BCUT2D eigenvalue weighted by Crippen LogP contribution is -1.72. The van der Waals surface area contributed by atoms with Crippen LogP contribution in [0.15, 0.2) is 36.9 Å². The van der Waals surface area contributed by atoms with Crippen LogP contribution in [0.5, 0.6) is 0 Å². The summed E-state index contributed by atoms with van der Waals surface area (Å²) in [7, 11) is 0. The Hall–Kier alpha value is -1.77. The van der Waals surface area contributed by atoms with E-state index in [9.17, 15) is 0 Å². The summed E-state index contributed by atoms with van der Waals surface area (Å²) in [4.78, 5) is 7.43. The van der Waals surface area contributed by atoms with Crippen molar-refractivity contribution in [3.8, 4) is 0 Å². The van der Waals surface area contributed by atoms with Crippen molar-refractivity contribution in [3.63, 3.8) is 0 Å². The van der Waals surface area contributed by atoms with Gasteiger partial charge in [0.15, 0.2) is 0 Å². The van der Waals surface area contributed by atoms with Crippen molar-refractivity contribution in [1.29, 1.82) is 0 Å². The van der Waals surface area contributed by atoms with Gasteiger partial charge < -0.3 is 9.38 Å². The number of fused-ring (bicyclic) bond motifs is 3. The van der Waals surface area contributed by atoms with E-state index in [0.717, 1.165) is 11.2 Å². The summed E-state index contributed by atoms with van der Waals surface area (Å²) in [5.74, 6) is 0. The van der Waals surface area contributed by atoms with Crippen LogP contribution in [0.3, 0.4) is 0 Å². The Morgan fingerprint density at radius 2 is 2.42 bits per heavy atom. The van der Waals surface area contributed by atoms with Crippen molar-refractivity contribution in [1.82, 2.24) is 14.4 Å². The molecule has 3 nitrogen and oxygen atoms in total. The van der Waals surface area contributed by atoms with Crippen molar-refractivity contribution in [2.75, 3.05) is 0 Å². The Morgan fingerprint density at radius 1 is 1.42 bits per heavy atom. The molecule has 0 bridgehead atoms. The van der Waals surface area contributed by atoms with E-state index >= 15 is 0 Å². The lowest BCUT2D eigenvalue weighted by molar-refractivity contribution is 1.23. The summed E-state index contributed by atoms with van der Waals surface area (Å²) in [6, 6.07) is 4.00. The molecule has 0 aliphatic heterocycles. The number of pyridine rings is 1. The highest BCUT2D eigenvalue weighted by Crippen LogP contribution is 2.17. The molecule has 3 aromatic rings. The topological polar surface area (TPSA) is 33.1 Å². The fraction of sp³-hybridized carbons (Fsp3) is 0. The first-order valence-electron chi connectivity index (χ1n) is 3.84. The molecule has 3 heteroatoms. The van der Waals surface area contributed by atoms with Gasteiger partial charge in [0.1, 0.15) is 11.2 Å². The van der Waals surface area contributed by atoms with Crippen LogP contribution in [0.1, 0.15) is 0 Å². The van der Waals surface area contributed by atoms with Crippen LogP contribution < -0.4 is 0 Å². The van der Waals surface area contributed by atoms with Gasteiger partial charge in [-0.2, -0.15) is 0 Å². The highest BCUT2D eigenvalue weighted by atomic mass is 15.0. The maximum Gasteiger partial charge on any atom is 0.141 e. The van der Waals surface area contributed by atoms with Gasteiger partial charge in [-0.1, -0.05) is 0 Å². The van der Waals surface area contributed by atoms with Crippen LogP contribution >= 0.6 is 0 Å². The average molecular weight is 157 g/mol. The fourth-order valence-corrected chi connectivity index (χ4v) is 1.51. The number of hydrogen-bond acceptors (Lipinski definition) is 1. The van der Waals surface area contributed by atoms with Crippen molar-refractivity contribution in [3.05, 3.63) is 36.9 Å². The van der Waals surface area contributed by atoms with Crippen LogP contribution in [0, 0.1) is 0 Å². The molecule has 0 aliphatic carbocycles. The third-order valence-electron chi connectivity index (χ3n) is 2.05. The van der Waals surface area contributed by atoms with E-state index in [1.807, 2.05) is 29.1 Å². The van der Waals surface area contributed by atoms with Gasteiger partial charge in [0.2, 0.25) is 0 Å². The van der Waals surface area contributed by atoms with Crippen molar-refractivity contribution < 1.29 is 0 Å². The Balaban J connectivity index is 2.68. The normalized spacial score (nSPS) is 11.3. The molecule has 0 spiro atoms. The molecular formula is C9H7N3. The van der Waals surface area contributed by atoms with Gasteiger partial charge in [-0.25, -0.2) is 0 Å². The van der Waals surface area contributed by atoms with Gasteiger partial charge in [-0.3, -0.25) is 4.98 Å². The third kappa shape index (κ3) is 0.580. The molecule has 0 saturated carbocycles. The van der Waals surface area contributed by atoms with Crippen molar-refractivity contribution in [2.24, 2.45) is 0 Å². The van der Waals surface area contributed by atoms with Crippen LogP contribution in [-0.4, -0.2) is 14.4 Å². The number of rotatable bonds is 0. The SMILES string of the molecule is c1cnc2c(c1)cn1cc[nH]c21. The molecule has 0 fully saturated rings. The predicted octanol–water partition coefficient (Wildman–Crippen LogP) is 1.82. The van der Waals surface area contributed by atoms with E-state index in [2.05, 4.69) is 22.2 Å². The number of nitrogens with one attached hydrogen (secondary N) is 1. The molecule has 0 radical (unpaired) electrons. The van der Waals surface area contributed by atoms with E-state index in [0.29, 0.717) is 0 Å². The van der Waals surface area contributed by atoms with Crippen molar-refractivity contribution >= 4 is 16.6 Å². The van der Waals surface area contributed by atoms with E-state index in [-0.39, 0.29) is 0 Å². The lowest BCUT2D eigenvalue weighted by atomic mass is 10.3. The zero-order valence-electron chi connectivity index (χ0n) is 6.36.